The van der Waals surface area contributed by atoms with Crippen LogP contribution in [0.2, 0.25) is 0 Å². The van der Waals surface area contributed by atoms with Gasteiger partial charge in [0, 0.05) is 31.2 Å². The number of methoxy groups -OCH3 is 1. The number of ether oxygens (including phenoxy) is 2. The first-order chi connectivity index (χ1) is 19.5. The molecule has 1 fully saturated rings. The number of anilines is 1. The number of allylic oxidation sites excluding steroid dienone is 1. The van der Waals surface area contributed by atoms with Gasteiger partial charge in [0.2, 0.25) is 0 Å². The summed E-state index contributed by atoms with van der Waals surface area (Å²) in [6.45, 7) is 4.52. The van der Waals surface area contributed by atoms with E-state index in [0.717, 1.165) is 63.1 Å². The van der Waals surface area contributed by atoms with Crippen LogP contribution >= 0.6 is 0 Å². The Bertz CT molecular complexity index is 1380. The number of rotatable bonds is 1. The van der Waals surface area contributed by atoms with Crippen LogP contribution in [0, 0.1) is 18.8 Å². The summed E-state index contributed by atoms with van der Waals surface area (Å²) in [5.41, 5.74) is 5.46. The molecule has 0 radical (unpaired) electrons. The minimum atomic E-state index is -1.54. The number of hydrogen-bond donors (Lipinski definition) is 0. The highest BCUT2D eigenvalue weighted by atomic mass is 32.2. The maximum Gasteiger partial charge on any atom is 0.254 e. The Morgan fingerprint density at radius 3 is 2.85 bits per heavy atom. The van der Waals surface area contributed by atoms with Gasteiger partial charge < -0.3 is 22.9 Å². The van der Waals surface area contributed by atoms with E-state index in [1.807, 2.05) is 19.2 Å². The number of fused-ring (bicyclic) bond motifs is 4. The fraction of sp³-hybridized carbons (Fsp3) is 0.545. The largest absolute Gasteiger partial charge is 0.490 e. The molecule has 4 aliphatic rings. The summed E-state index contributed by atoms with van der Waals surface area (Å²) in [5, 5.41) is 0. The van der Waals surface area contributed by atoms with Crippen molar-refractivity contribution in [2.24, 2.45) is 16.2 Å². The van der Waals surface area contributed by atoms with E-state index in [-0.39, 0.29) is 11.5 Å². The van der Waals surface area contributed by atoms with Crippen LogP contribution in [0.1, 0.15) is 72.0 Å². The van der Waals surface area contributed by atoms with Crippen LogP contribution in [-0.4, -0.2) is 44.6 Å². The predicted molar refractivity (Wildman–Crippen MR) is 160 cm³/mol. The van der Waals surface area contributed by atoms with Crippen molar-refractivity contribution in [2.75, 3.05) is 37.5 Å². The number of amides is 1. The molecule has 1 spiro atoms. The Morgan fingerprint density at radius 2 is 2.02 bits per heavy atom. The maximum atomic E-state index is 13.1. The molecule has 0 N–H and O–H groups in total. The molecule has 6 nitrogen and oxygen atoms in total. The smallest absolute Gasteiger partial charge is 0.254 e. The molecule has 7 heteroatoms. The fourth-order valence-corrected chi connectivity index (χ4v) is 8.04. The number of hydrogen-bond acceptors (Lipinski definition) is 6. The molecule has 1 amide bonds. The van der Waals surface area contributed by atoms with Gasteiger partial charge in [0.15, 0.2) is 0 Å². The molecule has 2 aromatic rings. The lowest BCUT2D eigenvalue weighted by molar-refractivity contribution is 0.0132. The second-order valence-corrected chi connectivity index (χ2v) is 13.4. The van der Waals surface area contributed by atoms with E-state index >= 15 is 0 Å². The van der Waals surface area contributed by atoms with Crippen LogP contribution in [0.3, 0.4) is 0 Å². The van der Waals surface area contributed by atoms with Crippen molar-refractivity contribution in [3.8, 4) is 5.75 Å². The second-order valence-electron chi connectivity index (χ2n) is 12.2. The third kappa shape index (κ3) is 5.47. The number of carbonyl (C=O) groups excluding carboxylic acids is 1. The SMILES string of the molecule is CO[C@H]1/C=C/CCC[S-](=O)=NC(=O)c2ccc3c(c2)N(C[C@@H]2CC[C@H]21)C[C@@]1(CCCCc2cc(C)ccc21)CO3. The summed E-state index contributed by atoms with van der Waals surface area (Å²) < 4.78 is 29.2. The molecule has 0 unspecified atom stereocenters. The van der Waals surface area contributed by atoms with Crippen LogP contribution in [-0.2, 0) is 31.4 Å². The Morgan fingerprint density at radius 1 is 1.12 bits per heavy atom. The lowest BCUT2D eigenvalue weighted by Crippen LogP contribution is -2.48. The lowest BCUT2D eigenvalue weighted by Gasteiger charge is -2.45. The van der Waals surface area contributed by atoms with E-state index in [0.29, 0.717) is 29.8 Å². The molecule has 40 heavy (non-hydrogen) atoms. The molecule has 1 saturated carbocycles. The van der Waals surface area contributed by atoms with Crippen LogP contribution in [0.5, 0.6) is 5.75 Å². The van der Waals surface area contributed by atoms with E-state index in [1.54, 1.807) is 6.07 Å². The number of nitrogens with zero attached hydrogens (tertiary/aromatic N) is 2. The summed E-state index contributed by atoms with van der Waals surface area (Å²) >= 11 is 0. The minimum absolute atomic E-state index is 0.0768. The average molecular weight is 562 g/mol. The van der Waals surface area contributed by atoms with Gasteiger partial charge in [0.1, 0.15) is 5.75 Å². The number of carbonyl (C=O) groups is 1. The molecular formula is C33H41N2O4S-. The zero-order valence-electron chi connectivity index (χ0n) is 23.8. The first kappa shape index (κ1) is 27.5. The Balaban J connectivity index is 1.44. The van der Waals surface area contributed by atoms with Crippen LogP contribution in [0.4, 0.5) is 5.69 Å². The van der Waals surface area contributed by atoms with Gasteiger partial charge in [0.25, 0.3) is 5.91 Å². The van der Waals surface area contributed by atoms with E-state index in [1.165, 1.54) is 29.5 Å². The minimum Gasteiger partial charge on any atom is -0.490 e. The molecule has 0 aromatic heterocycles. The Labute approximate surface area is 240 Å². The molecule has 2 aromatic carbocycles. The molecule has 0 saturated heterocycles. The molecule has 6 rings (SSSR count). The van der Waals surface area contributed by atoms with Crippen molar-refractivity contribution >= 4 is 22.2 Å². The van der Waals surface area contributed by atoms with E-state index in [9.17, 15) is 9.00 Å². The highest BCUT2D eigenvalue weighted by Gasteiger charge is 2.43. The van der Waals surface area contributed by atoms with E-state index in [4.69, 9.17) is 9.47 Å². The summed E-state index contributed by atoms with van der Waals surface area (Å²) in [4.78, 5) is 15.6. The van der Waals surface area contributed by atoms with Crippen molar-refractivity contribution in [3.63, 3.8) is 0 Å². The molecular weight excluding hydrogens is 520 g/mol. The number of benzene rings is 2. The monoisotopic (exact) mass is 561 g/mol. The van der Waals surface area contributed by atoms with E-state index in [2.05, 4.69) is 46.5 Å². The summed E-state index contributed by atoms with van der Waals surface area (Å²) in [6, 6.07) is 12.6. The van der Waals surface area contributed by atoms with Gasteiger partial charge in [0.05, 0.1) is 18.4 Å². The van der Waals surface area contributed by atoms with Gasteiger partial charge in [-0.2, -0.15) is 10.6 Å². The standard InChI is InChI=1S/C33H41N2O4S/c1-23-10-14-28-24(18-23)8-5-6-16-33(28)21-35-20-26-11-13-27(26)30(38-2)9-4-3-7-17-40(37)34-32(36)25-12-15-31(39-22-33)29(35)19-25/h4,9-10,12,14-15,18-19,26-27,30H,3,5-8,11,13,16-17,20-22H2,1-2H3/q-1/b9-4+/t26-,27+,30-,33-/m0/s1. The van der Waals surface area contributed by atoms with Crippen molar-refractivity contribution in [1.82, 2.24) is 0 Å². The second kappa shape index (κ2) is 11.7. The van der Waals surface area contributed by atoms with Crippen molar-refractivity contribution in [1.29, 1.82) is 0 Å². The van der Waals surface area contributed by atoms with Crippen molar-refractivity contribution < 1.29 is 18.5 Å². The molecule has 2 heterocycles. The average Bonchev–Trinajstić information content (AvgIpc) is 3.20. The molecule has 2 aliphatic heterocycles. The topological polar surface area (TPSA) is 68.2 Å². The van der Waals surface area contributed by atoms with Crippen LogP contribution in [0.25, 0.3) is 0 Å². The van der Waals surface area contributed by atoms with Crippen LogP contribution in [0.15, 0.2) is 52.9 Å². The zero-order valence-corrected chi connectivity index (χ0v) is 24.6. The summed E-state index contributed by atoms with van der Waals surface area (Å²) in [6.07, 6.45) is 12.8. The van der Waals surface area contributed by atoms with Crippen molar-refractivity contribution in [2.45, 2.75) is 69.8 Å². The van der Waals surface area contributed by atoms with Gasteiger partial charge in [-0.05, 0) is 86.6 Å². The van der Waals surface area contributed by atoms with Crippen LogP contribution < -0.4 is 9.64 Å². The number of aryl methyl sites for hydroxylation is 2. The third-order valence-corrected chi connectivity index (χ3v) is 10.6. The normalized spacial score (nSPS) is 30.1. The molecule has 2 aliphatic carbocycles. The molecule has 2 bridgehead atoms. The first-order valence-electron chi connectivity index (χ1n) is 14.9. The molecule has 4 atom stereocenters. The fourth-order valence-electron chi connectivity index (χ4n) is 7.25. The Hall–Kier alpha value is -2.64. The highest BCUT2D eigenvalue weighted by Crippen LogP contribution is 2.46. The summed E-state index contributed by atoms with van der Waals surface area (Å²) in [7, 11) is 0.266. The van der Waals surface area contributed by atoms with Gasteiger partial charge >= 0.3 is 0 Å². The lowest BCUT2D eigenvalue weighted by atomic mass is 9.69. The Kier molecular flexibility index (Phi) is 8.04. The predicted octanol–water partition coefficient (Wildman–Crippen LogP) is 6.54. The van der Waals surface area contributed by atoms with Gasteiger partial charge in [-0.15, -0.1) is 0 Å². The van der Waals surface area contributed by atoms with Gasteiger partial charge in [-0.1, -0.05) is 54.5 Å². The zero-order chi connectivity index (χ0) is 27.7. The van der Waals surface area contributed by atoms with Gasteiger partial charge in [-0.25, -0.2) is 0 Å². The van der Waals surface area contributed by atoms with E-state index < -0.39 is 16.5 Å². The summed E-state index contributed by atoms with van der Waals surface area (Å²) in [5.74, 6) is 1.72. The molecule has 214 valence electrons. The van der Waals surface area contributed by atoms with Gasteiger partial charge in [-0.3, -0.25) is 4.79 Å². The highest BCUT2D eigenvalue weighted by molar-refractivity contribution is 7.75. The quantitative estimate of drug-likeness (QED) is 0.292. The maximum absolute atomic E-state index is 13.1. The third-order valence-electron chi connectivity index (χ3n) is 9.55. The first-order valence-corrected chi connectivity index (χ1v) is 16.2. The van der Waals surface area contributed by atoms with Crippen molar-refractivity contribution in [3.05, 3.63) is 70.8 Å².